The molecule has 0 heterocycles. The maximum absolute atomic E-state index is 3.51. The lowest BCUT2D eigenvalue weighted by Gasteiger charge is -2.14. The minimum absolute atomic E-state index is 0.520. The Hall–Kier alpha value is -1.96. The number of hydrogen-bond acceptors (Lipinski definition) is 2. The summed E-state index contributed by atoms with van der Waals surface area (Å²) >= 11 is 0. The molecule has 2 rings (SSSR count). The fourth-order valence-corrected chi connectivity index (χ4v) is 2.45. The molecule has 124 valence electrons. The highest BCUT2D eigenvalue weighted by molar-refractivity contribution is 5.48. The molecule has 2 nitrogen and oxygen atoms in total. The van der Waals surface area contributed by atoms with Crippen molar-refractivity contribution in [3.05, 3.63) is 59.7 Å². The Morgan fingerprint density at radius 2 is 1.00 bits per heavy atom. The summed E-state index contributed by atoms with van der Waals surface area (Å²) in [5.74, 6) is 0. The van der Waals surface area contributed by atoms with Crippen molar-refractivity contribution in [1.82, 2.24) is 0 Å². The zero-order valence-corrected chi connectivity index (χ0v) is 14.9. The second-order valence-corrected chi connectivity index (χ2v) is 6.48. The zero-order valence-electron chi connectivity index (χ0n) is 14.9. The molecule has 2 aromatic carbocycles. The van der Waals surface area contributed by atoms with E-state index in [4.69, 9.17) is 0 Å². The molecule has 0 aliphatic carbocycles. The van der Waals surface area contributed by atoms with Crippen LogP contribution in [0.25, 0.3) is 0 Å². The average molecular weight is 310 g/mol. The van der Waals surface area contributed by atoms with Crippen molar-refractivity contribution in [3.8, 4) is 0 Å². The summed E-state index contributed by atoms with van der Waals surface area (Å²) in [5, 5.41) is 7.01. The monoisotopic (exact) mass is 310 g/mol. The molecule has 0 fully saturated rings. The van der Waals surface area contributed by atoms with Crippen molar-refractivity contribution >= 4 is 11.4 Å². The summed E-state index contributed by atoms with van der Waals surface area (Å²) in [7, 11) is 0. The minimum Gasteiger partial charge on any atom is -0.383 e. The van der Waals surface area contributed by atoms with Gasteiger partial charge in [0.15, 0.2) is 0 Å². The largest absolute Gasteiger partial charge is 0.383 e. The average Bonchev–Trinajstić information content (AvgIpc) is 2.58. The lowest BCUT2D eigenvalue weighted by Crippen LogP contribution is -2.13. The first kappa shape index (κ1) is 17.4. The molecular weight excluding hydrogens is 280 g/mol. The maximum atomic E-state index is 3.51. The molecule has 23 heavy (non-hydrogen) atoms. The molecule has 0 aromatic heterocycles. The summed E-state index contributed by atoms with van der Waals surface area (Å²) in [6.07, 6.45) is 3.25. The Kier molecular flexibility index (Phi) is 6.52. The molecule has 0 amide bonds. The SMILES string of the molecule is CCC(C)Nc1ccc(Cc2ccc(NC(C)CC)cc2)cc1. The van der Waals surface area contributed by atoms with Crippen molar-refractivity contribution in [3.63, 3.8) is 0 Å². The molecule has 0 spiro atoms. The Labute approximate surface area is 141 Å². The number of benzene rings is 2. The van der Waals surface area contributed by atoms with Gasteiger partial charge in [-0.3, -0.25) is 0 Å². The third-order valence-electron chi connectivity index (χ3n) is 4.37. The molecule has 2 N–H and O–H groups in total. The van der Waals surface area contributed by atoms with Crippen LogP contribution in [0.3, 0.4) is 0 Å². The first-order valence-corrected chi connectivity index (χ1v) is 8.81. The number of hydrogen-bond donors (Lipinski definition) is 2. The van der Waals surface area contributed by atoms with Gasteiger partial charge in [-0.2, -0.15) is 0 Å². The van der Waals surface area contributed by atoms with E-state index in [9.17, 15) is 0 Å². The van der Waals surface area contributed by atoms with E-state index in [1.54, 1.807) is 0 Å². The van der Waals surface area contributed by atoms with Crippen molar-refractivity contribution in [2.75, 3.05) is 10.6 Å². The van der Waals surface area contributed by atoms with Crippen LogP contribution in [0.4, 0.5) is 11.4 Å². The third kappa shape index (κ3) is 5.63. The first-order chi connectivity index (χ1) is 11.1. The van der Waals surface area contributed by atoms with Crippen LogP contribution in [-0.4, -0.2) is 12.1 Å². The van der Waals surface area contributed by atoms with E-state index in [1.165, 1.54) is 22.5 Å². The Balaban J connectivity index is 1.94. The molecule has 0 radical (unpaired) electrons. The van der Waals surface area contributed by atoms with E-state index >= 15 is 0 Å². The number of nitrogens with one attached hydrogen (secondary N) is 2. The lowest BCUT2D eigenvalue weighted by atomic mass is 10.0. The topological polar surface area (TPSA) is 24.1 Å². The van der Waals surface area contributed by atoms with E-state index in [0.29, 0.717) is 12.1 Å². The molecule has 0 aliphatic heterocycles. The first-order valence-electron chi connectivity index (χ1n) is 8.81. The summed E-state index contributed by atoms with van der Waals surface area (Å²) in [6, 6.07) is 18.6. The van der Waals surface area contributed by atoms with E-state index < -0.39 is 0 Å². The van der Waals surface area contributed by atoms with Crippen LogP contribution in [0.1, 0.15) is 51.7 Å². The molecule has 2 heteroatoms. The van der Waals surface area contributed by atoms with Gasteiger partial charge in [0.05, 0.1) is 0 Å². The predicted octanol–water partition coefficient (Wildman–Crippen LogP) is 5.70. The summed E-state index contributed by atoms with van der Waals surface area (Å²) in [5.41, 5.74) is 5.11. The fraction of sp³-hybridized carbons (Fsp3) is 0.429. The third-order valence-corrected chi connectivity index (χ3v) is 4.37. The van der Waals surface area contributed by atoms with E-state index in [-0.39, 0.29) is 0 Å². The van der Waals surface area contributed by atoms with Crippen LogP contribution in [0, 0.1) is 0 Å². The Morgan fingerprint density at radius 3 is 1.30 bits per heavy atom. The van der Waals surface area contributed by atoms with Crippen LogP contribution < -0.4 is 10.6 Å². The molecular formula is C21H30N2. The standard InChI is InChI=1S/C21H30N2/c1-5-16(3)22-20-11-7-18(8-12-20)15-19-9-13-21(14-10-19)23-17(4)6-2/h7-14,16-17,22-23H,5-6,15H2,1-4H3. The van der Waals surface area contributed by atoms with Gasteiger partial charge in [-0.15, -0.1) is 0 Å². The highest BCUT2D eigenvalue weighted by Crippen LogP contribution is 2.17. The Morgan fingerprint density at radius 1 is 0.652 bits per heavy atom. The molecule has 0 aliphatic rings. The van der Waals surface area contributed by atoms with Crippen LogP contribution in [0.5, 0.6) is 0 Å². The summed E-state index contributed by atoms with van der Waals surface area (Å²) < 4.78 is 0. The van der Waals surface area contributed by atoms with Gasteiger partial charge < -0.3 is 10.6 Å². The van der Waals surface area contributed by atoms with Crippen LogP contribution in [0.15, 0.2) is 48.5 Å². The lowest BCUT2D eigenvalue weighted by molar-refractivity contribution is 0.764. The van der Waals surface area contributed by atoms with Crippen LogP contribution >= 0.6 is 0 Å². The van der Waals surface area contributed by atoms with Gasteiger partial charge in [0.2, 0.25) is 0 Å². The minimum atomic E-state index is 0.520. The number of rotatable bonds is 8. The predicted molar refractivity (Wildman–Crippen MR) is 102 cm³/mol. The smallest absolute Gasteiger partial charge is 0.0342 e. The normalized spacial score (nSPS) is 13.4. The highest BCUT2D eigenvalue weighted by Gasteiger charge is 2.02. The van der Waals surface area contributed by atoms with Crippen LogP contribution in [0.2, 0.25) is 0 Å². The van der Waals surface area contributed by atoms with Gasteiger partial charge in [0.1, 0.15) is 0 Å². The summed E-state index contributed by atoms with van der Waals surface area (Å²) in [4.78, 5) is 0. The molecule has 2 atom stereocenters. The second-order valence-electron chi connectivity index (χ2n) is 6.48. The number of anilines is 2. The molecule has 2 unspecified atom stereocenters. The zero-order chi connectivity index (χ0) is 16.7. The second kappa shape index (κ2) is 8.61. The van der Waals surface area contributed by atoms with E-state index in [0.717, 1.165) is 19.3 Å². The van der Waals surface area contributed by atoms with Crippen molar-refractivity contribution in [1.29, 1.82) is 0 Å². The maximum Gasteiger partial charge on any atom is 0.0342 e. The van der Waals surface area contributed by atoms with E-state index in [2.05, 4.69) is 86.9 Å². The Bertz CT molecular complexity index is 518. The van der Waals surface area contributed by atoms with Crippen molar-refractivity contribution in [2.24, 2.45) is 0 Å². The van der Waals surface area contributed by atoms with Gasteiger partial charge in [-0.25, -0.2) is 0 Å². The van der Waals surface area contributed by atoms with Gasteiger partial charge in [-0.1, -0.05) is 38.1 Å². The molecule has 0 bridgehead atoms. The quantitative estimate of drug-likeness (QED) is 0.653. The van der Waals surface area contributed by atoms with E-state index in [1.807, 2.05) is 0 Å². The van der Waals surface area contributed by atoms with Crippen molar-refractivity contribution in [2.45, 2.75) is 59.0 Å². The highest BCUT2D eigenvalue weighted by atomic mass is 14.9. The van der Waals surface area contributed by atoms with Crippen molar-refractivity contribution < 1.29 is 0 Å². The van der Waals surface area contributed by atoms with Gasteiger partial charge in [0.25, 0.3) is 0 Å². The summed E-state index contributed by atoms with van der Waals surface area (Å²) in [6.45, 7) is 8.82. The molecule has 0 saturated heterocycles. The van der Waals surface area contributed by atoms with Gasteiger partial charge >= 0.3 is 0 Å². The van der Waals surface area contributed by atoms with Gasteiger partial charge in [0, 0.05) is 23.5 Å². The van der Waals surface area contributed by atoms with Gasteiger partial charge in [-0.05, 0) is 68.5 Å². The fourth-order valence-electron chi connectivity index (χ4n) is 2.45. The molecule has 0 saturated carbocycles. The van der Waals surface area contributed by atoms with Crippen LogP contribution in [-0.2, 0) is 6.42 Å². The molecule has 2 aromatic rings.